The predicted octanol–water partition coefficient (Wildman–Crippen LogP) is 3.64. The van der Waals surface area contributed by atoms with E-state index in [2.05, 4.69) is 22.1 Å². The second-order valence-electron chi connectivity index (χ2n) is 6.90. The van der Waals surface area contributed by atoms with Crippen LogP contribution in [0.5, 0.6) is 0 Å². The molecule has 0 bridgehead atoms. The zero-order valence-electron chi connectivity index (χ0n) is 14.4. The van der Waals surface area contributed by atoms with Gasteiger partial charge in [-0.15, -0.1) is 0 Å². The molecular weight excluding hydrogens is 310 g/mol. The summed E-state index contributed by atoms with van der Waals surface area (Å²) in [7, 11) is 0. The molecule has 1 unspecified atom stereocenters. The number of carbonyl (C=O) groups excluding carboxylic acids is 1. The second-order valence-corrected chi connectivity index (χ2v) is 6.90. The van der Waals surface area contributed by atoms with Gasteiger partial charge >= 0.3 is 0 Å². The summed E-state index contributed by atoms with van der Waals surface area (Å²) in [5.41, 5.74) is 3.98. The highest BCUT2D eigenvalue weighted by atomic mass is 16.2. The highest BCUT2D eigenvalue weighted by molar-refractivity contribution is 5.94. The molecule has 25 heavy (non-hydrogen) atoms. The van der Waals surface area contributed by atoms with Crippen molar-refractivity contribution in [1.29, 1.82) is 0 Å². The Morgan fingerprint density at radius 1 is 1.20 bits per heavy atom. The lowest BCUT2D eigenvalue weighted by atomic mass is 9.99. The molecule has 1 atom stereocenters. The Morgan fingerprint density at radius 2 is 2.08 bits per heavy atom. The van der Waals surface area contributed by atoms with E-state index in [1.807, 2.05) is 42.3 Å². The van der Waals surface area contributed by atoms with Crippen molar-refractivity contribution in [3.8, 4) is 0 Å². The topological polar surface area (TPSA) is 46.1 Å². The number of amides is 1. The Hall–Kier alpha value is -2.75. The summed E-state index contributed by atoms with van der Waals surface area (Å²) in [5.74, 6) is 0.583. The number of rotatable bonds is 3. The first-order valence-corrected chi connectivity index (χ1v) is 8.73. The highest BCUT2D eigenvalue weighted by Crippen LogP contribution is 2.23. The molecule has 0 saturated carbocycles. The first-order chi connectivity index (χ1) is 12.2. The van der Waals surface area contributed by atoms with Gasteiger partial charge in [0.25, 0.3) is 5.91 Å². The van der Waals surface area contributed by atoms with E-state index in [9.17, 15) is 4.79 Å². The molecule has 0 radical (unpaired) electrons. The van der Waals surface area contributed by atoms with E-state index in [0.717, 1.165) is 37.0 Å². The van der Waals surface area contributed by atoms with Gasteiger partial charge in [-0.25, -0.2) is 0 Å². The number of para-hydroxylation sites is 1. The van der Waals surface area contributed by atoms with Gasteiger partial charge in [-0.3, -0.25) is 14.8 Å². The lowest BCUT2D eigenvalue weighted by molar-refractivity contribution is 0.0786. The van der Waals surface area contributed by atoms with Gasteiger partial charge in [-0.2, -0.15) is 0 Å². The third-order valence-electron chi connectivity index (χ3n) is 4.87. The van der Waals surface area contributed by atoms with E-state index in [1.54, 1.807) is 12.4 Å². The maximum Gasteiger partial charge on any atom is 0.255 e. The van der Waals surface area contributed by atoms with Crippen LogP contribution in [0, 0.1) is 12.8 Å². The van der Waals surface area contributed by atoms with Gasteiger partial charge in [0.2, 0.25) is 0 Å². The maximum atomic E-state index is 12.6. The molecule has 1 amide bonds. The molecule has 2 aromatic heterocycles. The molecule has 1 fully saturated rings. The summed E-state index contributed by atoms with van der Waals surface area (Å²) >= 11 is 0. The number of hydrogen-bond acceptors (Lipinski definition) is 3. The van der Waals surface area contributed by atoms with Gasteiger partial charge in [0.15, 0.2) is 0 Å². The fourth-order valence-corrected chi connectivity index (χ4v) is 3.60. The van der Waals surface area contributed by atoms with Crippen LogP contribution in [0.25, 0.3) is 10.9 Å². The van der Waals surface area contributed by atoms with Crippen LogP contribution in [0.2, 0.25) is 0 Å². The lowest BCUT2D eigenvalue weighted by Crippen LogP contribution is -2.29. The Morgan fingerprint density at radius 3 is 2.96 bits per heavy atom. The quantitative estimate of drug-likeness (QED) is 0.736. The summed E-state index contributed by atoms with van der Waals surface area (Å²) in [6.45, 7) is 3.58. The van der Waals surface area contributed by atoms with E-state index in [-0.39, 0.29) is 5.91 Å². The normalized spacial score (nSPS) is 17.2. The fourth-order valence-electron chi connectivity index (χ4n) is 3.60. The van der Waals surface area contributed by atoms with Gasteiger partial charge in [-0.05, 0) is 55.0 Å². The molecule has 4 heteroatoms. The third kappa shape index (κ3) is 3.38. The number of aryl methyl sites for hydroxylation is 1. The molecule has 126 valence electrons. The number of likely N-dealkylation sites (tertiary alicyclic amines) is 1. The summed E-state index contributed by atoms with van der Waals surface area (Å²) < 4.78 is 0. The Bertz CT molecular complexity index is 922. The van der Waals surface area contributed by atoms with Gasteiger partial charge in [0.05, 0.1) is 11.1 Å². The molecule has 0 spiro atoms. The van der Waals surface area contributed by atoms with Crippen LogP contribution in [0.4, 0.5) is 0 Å². The highest BCUT2D eigenvalue weighted by Gasteiger charge is 2.27. The van der Waals surface area contributed by atoms with Crippen molar-refractivity contribution in [2.24, 2.45) is 5.92 Å². The van der Waals surface area contributed by atoms with E-state index in [0.29, 0.717) is 11.5 Å². The monoisotopic (exact) mass is 331 g/mol. The van der Waals surface area contributed by atoms with Crippen molar-refractivity contribution in [2.45, 2.75) is 19.8 Å². The number of benzene rings is 1. The summed E-state index contributed by atoms with van der Waals surface area (Å²) in [4.78, 5) is 23.3. The van der Waals surface area contributed by atoms with Crippen molar-refractivity contribution in [2.75, 3.05) is 13.1 Å². The lowest BCUT2D eigenvalue weighted by Gasteiger charge is -2.17. The van der Waals surface area contributed by atoms with E-state index in [1.165, 1.54) is 10.9 Å². The molecule has 4 rings (SSSR count). The maximum absolute atomic E-state index is 12.6. The van der Waals surface area contributed by atoms with E-state index in [4.69, 9.17) is 0 Å². The van der Waals surface area contributed by atoms with Gasteiger partial charge < -0.3 is 4.90 Å². The van der Waals surface area contributed by atoms with Crippen molar-refractivity contribution < 1.29 is 4.79 Å². The average molecular weight is 331 g/mol. The van der Waals surface area contributed by atoms with Crippen molar-refractivity contribution in [3.63, 3.8) is 0 Å². The summed E-state index contributed by atoms with van der Waals surface area (Å²) in [6.07, 6.45) is 7.41. The van der Waals surface area contributed by atoms with Crippen molar-refractivity contribution >= 4 is 16.8 Å². The predicted molar refractivity (Wildman–Crippen MR) is 98.4 cm³/mol. The number of pyridine rings is 2. The number of hydrogen-bond donors (Lipinski definition) is 0. The third-order valence-corrected chi connectivity index (χ3v) is 4.87. The van der Waals surface area contributed by atoms with Crippen molar-refractivity contribution in [3.05, 3.63) is 71.7 Å². The largest absolute Gasteiger partial charge is 0.338 e. The molecule has 3 aromatic rings. The van der Waals surface area contributed by atoms with Crippen LogP contribution in [0.15, 0.2) is 55.0 Å². The molecule has 0 N–H and O–H groups in total. The van der Waals surface area contributed by atoms with Crippen LogP contribution in [-0.4, -0.2) is 33.9 Å². The Kier molecular flexibility index (Phi) is 4.18. The Balaban J connectivity index is 1.44. The number of nitrogens with zero attached hydrogens (tertiary/aromatic N) is 3. The zero-order valence-corrected chi connectivity index (χ0v) is 14.4. The first kappa shape index (κ1) is 15.8. The van der Waals surface area contributed by atoms with Gasteiger partial charge in [-0.1, -0.05) is 18.2 Å². The molecule has 1 aliphatic heterocycles. The number of aromatic nitrogens is 2. The standard InChI is InChI=1S/C21H21N3O/c1-15-8-19(13-22-11-15)21(25)24-7-6-16(14-24)9-17-10-18-4-2-3-5-20(18)23-12-17/h2-5,8,10-13,16H,6-7,9,14H2,1H3. The van der Waals surface area contributed by atoms with Crippen LogP contribution in [0.3, 0.4) is 0 Å². The SMILES string of the molecule is Cc1cncc(C(=O)N2CCC(Cc3cnc4ccccc4c3)C2)c1. The minimum atomic E-state index is 0.0929. The Labute approximate surface area is 147 Å². The number of fused-ring (bicyclic) bond motifs is 1. The molecule has 0 aliphatic carbocycles. The van der Waals surface area contributed by atoms with Crippen LogP contribution < -0.4 is 0 Å². The van der Waals surface area contributed by atoms with Gasteiger partial charge in [0, 0.05) is 37.1 Å². The molecule has 1 aliphatic rings. The van der Waals surface area contributed by atoms with Crippen LogP contribution >= 0.6 is 0 Å². The molecule has 3 heterocycles. The summed E-state index contributed by atoms with van der Waals surface area (Å²) in [5, 5.41) is 1.18. The van der Waals surface area contributed by atoms with Crippen LogP contribution in [0.1, 0.15) is 27.9 Å². The van der Waals surface area contributed by atoms with Crippen molar-refractivity contribution in [1.82, 2.24) is 14.9 Å². The number of carbonyl (C=O) groups is 1. The smallest absolute Gasteiger partial charge is 0.255 e. The molecular formula is C21H21N3O. The first-order valence-electron chi connectivity index (χ1n) is 8.73. The van der Waals surface area contributed by atoms with Gasteiger partial charge in [0.1, 0.15) is 0 Å². The summed E-state index contributed by atoms with van der Waals surface area (Å²) in [6, 6.07) is 12.3. The minimum absolute atomic E-state index is 0.0929. The second kappa shape index (κ2) is 6.63. The molecule has 1 aromatic carbocycles. The molecule has 1 saturated heterocycles. The van der Waals surface area contributed by atoms with E-state index < -0.39 is 0 Å². The minimum Gasteiger partial charge on any atom is -0.338 e. The fraction of sp³-hybridized carbons (Fsp3) is 0.286. The van der Waals surface area contributed by atoms with E-state index >= 15 is 0 Å². The zero-order chi connectivity index (χ0) is 17.2. The molecule has 4 nitrogen and oxygen atoms in total. The average Bonchev–Trinajstić information content (AvgIpc) is 3.09. The van der Waals surface area contributed by atoms with Crippen LogP contribution in [-0.2, 0) is 6.42 Å².